The average molecular weight is 214 g/mol. The van der Waals surface area contributed by atoms with E-state index in [1.54, 1.807) is 13.0 Å². The topological polar surface area (TPSA) is 23.8 Å². The Bertz CT molecular complexity index is 304. The van der Waals surface area contributed by atoms with Crippen molar-refractivity contribution in [3.05, 3.63) is 33.5 Å². The van der Waals surface area contributed by atoms with Crippen LogP contribution in [0.3, 0.4) is 0 Å². The van der Waals surface area contributed by atoms with Crippen molar-refractivity contribution in [3.63, 3.8) is 0 Å². The molecule has 0 spiro atoms. The largest absolute Gasteiger partial charge is 0.206 e. The van der Waals surface area contributed by atoms with E-state index >= 15 is 0 Å². The molecule has 0 heterocycles. The van der Waals surface area contributed by atoms with E-state index in [2.05, 4.69) is 15.9 Å². The van der Waals surface area contributed by atoms with E-state index < -0.39 is 0 Å². The zero-order valence-electron chi connectivity index (χ0n) is 5.86. The maximum absolute atomic E-state index is 12.8. The molecule has 1 nitrogen and oxygen atoms in total. The maximum atomic E-state index is 12.8. The third-order valence-corrected chi connectivity index (χ3v) is 2.34. The van der Waals surface area contributed by atoms with Gasteiger partial charge in [0.05, 0.1) is 16.1 Å². The van der Waals surface area contributed by atoms with E-state index in [9.17, 15) is 4.39 Å². The molecular weight excluding hydrogens is 209 g/mol. The Kier molecular flexibility index (Phi) is 2.25. The molecule has 0 amide bonds. The summed E-state index contributed by atoms with van der Waals surface area (Å²) in [6.45, 7) is 1.74. The fraction of sp³-hybridized carbons (Fsp3) is 0.125. The molecule has 0 unspecified atom stereocenters. The second-order valence-electron chi connectivity index (χ2n) is 2.20. The second kappa shape index (κ2) is 3.02. The quantitative estimate of drug-likeness (QED) is 0.651. The van der Waals surface area contributed by atoms with Crippen LogP contribution in [0.5, 0.6) is 0 Å². The van der Waals surface area contributed by atoms with Crippen LogP contribution in [0.1, 0.15) is 11.1 Å². The first kappa shape index (κ1) is 8.22. The standard InChI is InChI=1S/C8H5BrFN/c1-5-2-6(4-11)3-7(10)8(5)9/h2-3H,1H3. The second-order valence-corrected chi connectivity index (χ2v) is 2.99. The molecule has 56 valence electrons. The summed E-state index contributed by atoms with van der Waals surface area (Å²) in [5.41, 5.74) is 1.09. The molecule has 0 saturated carbocycles. The molecule has 0 aliphatic carbocycles. The lowest BCUT2D eigenvalue weighted by molar-refractivity contribution is 0.619. The summed E-state index contributed by atoms with van der Waals surface area (Å²) in [4.78, 5) is 0. The van der Waals surface area contributed by atoms with E-state index in [-0.39, 0.29) is 5.82 Å². The van der Waals surface area contributed by atoms with Crippen molar-refractivity contribution in [1.29, 1.82) is 5.26 Å². The van der Waals surface area contributed by atoms with Gasteiger partial charge < -0.3 is 0 Å². The van der Waals surface area contributed by atoms with Gasteiger partial charge >= 0.3 is 0 Å². The summed E-state index contributed by atoms with van der Waals surface area (Å²) in [5.74, 6) is -0.387. The zero-order chi connectivity index (χ0) is 8.43. The fourth-order valence-corrected chi connectivity index (χ4v) is 1.02. The molecule has 0 fully saturated rings. The van der Waals surface area contributed by atoms with Crippen molar-refractivity contribution in [2.24, 2.45) is 0 Å². The van der Waals surface area contributed by atoms with Crippen LogP contribution in [0.25, 0.3) is 0 Å². The third kappa shape index (κ3) is 1.58. The molecule has 3 heteroatoms. The van der Waals surface area contributed by atoms with Crippen molar-refractivity contribution in [1.82, 2.24) is 0 Å². The van der Waals surface area contributed by atoms with Crippen LogP contribution in [-0.4, -0.2) is 0 Å². The Labute approximate surface area is 72.6 Å². The minimum atomic E-state index is -0.387. The molecule has 0 aliphatic rings. The first-order chi connectivity index (χ1) is 5.15. The van der Waals surface area contributed by atoms with Crippen molar-refractivity contribution in [2.45, 2.75) is 6.92 Å². The lowest BCUT2D eigenvalue weighted by Crippen LogP contribution is -1.85. The Morgan fingerprint density at radius 2 is 2.18 bits per heavy atom. The number of hydrogen-bond acceptors (Lipinski definition) is 1. The Morgan fingerprint density at radius 1 is 1.55 bits per heavy atom. The van der Waals surface area contributed by atoms with Crippen LogP contribution < -0.4 is 0 Å². The smallest absolute Gasteiger partial charge is 0.138 e. The summed E-state index contributed by atoms with van der Waals surface area (Å²) in [6, 6.07) is 4.71. The number of benzene rings is 1. The molecule has 1 aromatic rings. The highest BCUT2D eigenvalue weighted by Gasteiger charge is 2.03. The number of aryl methyl sites for hydroxylation is 1. The minimum Gasteiger partial charge on any atom is -0.206 e. The molecule has 0 aliphatic heterocycles. The monoisotopic (exact) mass is 213 g/mol. The van der Waals surface area contributed by atoms with Gasteiger partial charge in [0.25, 0.3) is 0 Å². The number of hydrogen-bond donors (Lipinski definition) is 0. The highest BCUT2D eigenvalue weighted by atomic mass is 79.9. The summed E-state index contributed by atoms with van der Waals surface area (Å²) in [5, 5.41) is 8.45. The number of nitriles is 1. The van der Waals surface area contributed by atoms with Gasteiger partial charge in [0.15, 0.2) is 0 Å². The van der Waals surface area contributed by atoms with Gasteiger partial charge in [0.1, 0.15) is 5.82 Å². The van der Waals surface area contributed by atoms with Crippen LogP contribution in [0.15, 0.2) is 16.6 Å². The molecule has 0 saturated heterocycles. The summed E-state index contributed by atoms with van der Waals surface area (Å²) in [6.07, 6.45) is 0. The number of halogens is 2. The lowest BCUT2D eigenvalue weighted by Gasteiger charge is -1.98. The lowest BCUT2D eigenvalue weighted by atomic mass is 10.1. The summed E-state index contributed by atoms with van der Waals surface area (Å²) in [7, 11) is 0. The summed E-state index contributed by atoms with van der Waals surface area (Å²) < 4.78 is 13.3. The van der Waals surface area contributed by atoms with Crippen LogP contribution in [-0.2, 0) is 0 Å². The van der Waals surface area contributed by atoms with Crippen LogP contribution in [0.2, 0.25) is 0 Å². The van der Waals surface area contributed by atoms with E-state index in [4.69, 9.17) is 5.26 Å². The van der Waals surface area contributed by atoms with Gasteiger partial charge in [-0.05, 0) is 40.5 Å². The highest BCUT2D eigenvalue weighted by Crippen LogP contribution is 2.21. The highest BCUT2D eigenvalue weighted by molar-refractivity contribution is 9.10. The van der Waals surface area contributed by atoms with Gasteiger partial charge in [0.2, 0.25) is 0 Å². The van der Waals surface area contributed by atoms with E-state index in [0.717, 1.165) is 5.56 Å². The molecule has 0 aromatic heterocycles. The van der Waals surface area contributed by atoms with Crippen molar-refractivity contribution < 1.29 is 4.39 Å². The molecule has 11 heavy (non-hydrogen) atoms. The predicted octanol–water partition coefficient (Wildman–Crippen LogP) is 2.77. The Balaban J connectivity index is 3.35. The molecule has 0 bridgehead atoms. The van der Waals surface area contributed by atoms with Gasteiger partial charge in [0, 0.05) is 0 Å². The molecular formula is C8H5BrFN. The van der Waals surface area contributed by atoms with Crippen molar-refractivity contribution in [2.75, 3.05) is 0 Å². The van der Waals surface area contributed by atoms with Gasteiger partial charge in [-0.25, -0.2) is 4.39 Å². The van der Waals surface area contributed by atoms with Gasteiger partial charge in [-0.1, -0.05) is 0 Å². The molecule has 0 N–H and O–H groups in total. The first-order valence-electron chi connectivity index (χ1n) is 3.01. The third-order valence-electron chi connectivity index (χ3n) is 1.34. The fourth-order valence-electron chi connectivity index (χ4n) is 0.791. The molecule has 1 rings (SSSR count). The van der Waals surface area contributed by atoms with Gasteiger partial charge in [-0.2, -0.15) is 5.26 Å². The molecule has 0 atom stereocenters. The van der Waals surface area contributed by atoms with E-state index in [0.29, 0.717) is 10.0 Å². The number of rotatable bonds is 0. The van der Waals surface area contributed by atoms with Crippen molar-refractivity contribution in [3.8, 4) is 6.07 Å². The predicted molar refractivity (Wildman–Crippen MR) is 43.6 cm³/mol. The van der Waals surface area contributed by atoms with E-state index in [1.807, 2.05) is 6.07 Å². The van der Waals surface area contributed by atoms with Gasteiger partial charge in [-0.15, -0.1) is 0 Å². The Hall–Kier alpha value is -0.880. The Morgan fingerprint density at radius 3 is 2.64 bits per heavy atom. The van der Waals surface area contributed by atoms with Crippen LogP contribution in [0.4, 0.5) is 4.39 Å². The molecule has 0 radical (unpaired) electrons. The minimum absolute atomic E-state index is 0.350. The molecule has 1 aromatic carbocycles. The normalized spacial score (nSPS) is 9.27. The van der Waals surface area contributed by atoms with E-state index in [1.165, 1.54) is 6.07 Å². The van der Waals surface area contributed by atoms with Crippen LogP contribution in [0, 0.1) is 24.1 Å². The van der Waals surface area contributed by atoms with Gasteiger partial charge in [-0.3, -0.25) is 0 Å². The first-order valence-corrected chi connectivity index (χ1v) is 3.80. The SMILES string of the molecule is Cc1cc(C#N)cc(F)c1Br. The number of nitrogens with zero attached hydrogens (tertiary/aromatic N) is 1. The van der Waals surface area contributed by atoms with Crippen LogP contribution >= 0.6 is 15.9 Å². The zero-order valence-corrected chi connectivity index (χ0v) is 7.44. The average Bonchev–Trinajstić information content (AvgIpc) is 1.99. The van der Waals surface area contributed by atoms with Crippen molar-refractivity contribution >= 4 is 15.9 Å². The maximum Gasteiger partial charge on any atom is 0.138 e. The summed E-state index contributed by atoms with van der Waals surface area (Å²) >= 11 is 3.06.